The Labute approximate surface area is 291 Å². The number of hydrogen-bond donors (Lipinski definition) is 0. The molecule has 52 valence electrons. The summed E-state index contributed by atoms with van der Waals surface area (Å²) in [5.41, 5.74) is 0. The first kappa shape index (κ1) is 90.3. The Morgan fingerprint density at radius 1 is 0.545 bits per heavy atom. The molecule has 0 amide bonds. The Balaban J connectivity index is 0. The summed E-state index contributed by atoms with van der Waals surface area (Å²) in [5.74, 6) is 0. The SMILES string of the molecule is [Ca+2].[Ca+2].[Cr+3].[Cr+3].[H-].[H-].[H-].[H-].[H-].[H-].[H-].[H-].[La].[La].[O-2].[O-2].[O-2].[Sr+2].[Sr+2]. The smallest absolute Gasteiger partial charge is 2.00 e. The van der Waals surface area contributed by atoms with Crippen LogP contribution in [-0.4, -0.2) is 166 Å². The Morgan fingerprint density at radius 3 is 0.545 bits per heavy atom. The van der Waals surface area contributed by atoms with Crippen molar-refractivity contribution in [1.29, 1.82) is 0 Å². The fraction of sp³-hybridized carbons (Fsp3) is 0. The molecule has 0 atom stereocenters. The molecule has 4 radical (unpaired) electrons. The van der Waals surface area contributed by atoms with Crippen molar-refractivity contribution in [3.8, 4) is 0 Å². The van der Waals surface area contributed by atoms with Gasteiger partial charge in [-0.05, 0) is 0 Å². The monoisotopic (exact) mass is 693 g/mol. The predicted octanol–water partition coefficient (Wildman–Crippen LogP) is -0.985. The average Bonchev–Trinajstić information content (AvgIpc) is 0. The molecule has 0 N–H and O–H groups in total. The molecule has 0 bridgehead atoms. The second kappa shape index (κ2) is 76.8. The van der Waals surface area contributed by atoms with Crippen LogP contribution in [0, 0.1) is 71.2 Å². The van der Waals surface area contributed by atoms with E-state index in [0.717, 1.165) is 0 Å². The van der Waals surface area contributed by atoms with E-state index in [1.165, 1.54) is 0 Å². The van der Waals surface area contributed by atoms with Gasteiger partial charge in [0.15, 0.2) is 0 Å². The maximum absolute atomic E-state index is 0. The molecule has 0 saturated heterocycles. The van der Waals surface area contributed by atoms with Gasteiger partial charge in [0, 0.05) is 71.2 Å². The second-order valence-corrected chi connectivity index (χ2v) is 0. The first-order chi connectivity index (χ1) is 0. The number of rotatable bonds is 0. The summed E-state index contributed by atoms with van der Waals surface area (Å²) < 4.78 is 0. The van der Waals surface area contributed by atoms with Crippen molar-refractivity contribution in [2.75, 3.05) is 0 Å². The molecule has 0 aliphatic rings. The van der Waals surface area contributed by atoms with Gasteiger partial charge in [0.2, 0.25) is 0 Å². The molecule has 0 heterocycles. The molecule has 0 aromatic carbocycles. The van der Waals surface area contributed by atoms with Crippen LogP contribution >= 0.6 is 0 Å². The van der Waals surface area contributed by atoms with E-state index in [0.29, 0.717) is 0 Å². The van der Waals surface area contributed by atoms with E-state index in [-0.39, 0.29) is 300 Å². The van der Waals surface area contributed by atoms with Crippen molar-refractivity contribution in [1.82, 2.24) is 0 Å². The Kier molecular flexibility index (Phi) is 631. The van der Waals surface area contributed by atoms with Gasteiger partial charge in [-0.2, -0.15) is 0 Å². The van der Waals surface area contributed by atoms with Gasteiger partial charge in [0.05, 0.1) is 0 Å². The largest absolute Gasteiger partial charge is 3.00 e. The van der Waals surface area contributed by atoms with Gasteiger partial charge in [0.25, 0.3) is 0 Å². The van der Waals surface area contributed by atoms with Gasteiger partial charge in [-0.1, -0.05) is 0 Å². The summed E-state index contributed by atoms with van der Waals surface area (Å²) in [6, 6.07) is 0. The predicted molar refractivity (Wildman–Crippen MR) is 34.0 cm³/mol. The third-order valence-electron chi connectivity index (χ3n) is 0. The van der Waals surface area contributed by atoms with E-state index in [1.54, 1.807) is 0 Å². The zero-order valence-electron chi connectivity index (χ0n) is 14.0. The van der Waals surface area contributed by atoms with Crippen LogP contribution in [0.15, 0.2) is 0 Å². The molecule has 11 heavy (non-hydrogen) atoms. The quantitative estimate of drug-likeness (QED) is 0.293. The van der Waals surface area contributed by atoms with Crippen LogP contribution in [-0.2, 0) is 51.2 Å². The van der Waals surface area contributed by atoms with Crippen LogP contribution < -0.4 is 0 Å². The normalized spacial score (nSPS) is 0. The maximum atomic E-state index is 0. The Morgan fingerprint density at radius 2 is 0.545 bits per heavy atom. The van der Waals surface area contributed by atoms with E-state index in [1.807, 2.05) is 0 Å². The molecule has 0 aliphatic carbocycles. The van der Waals surface area contributed by atoms with Crippen molar-refractivity contribution in [2.45, 2.75) is 0 Å². The summed E-state index contributed by atoms with van der Waals surface area (Å²) >= 11 is 0. The van der Waals surface area contributed by atoms with Crippen LogP contribution in [0.1, 0.15) is 11.4 Å². The molecular formula is H8Ca2Cr2La2O3Sr2. The zero-order chi connectivity index (χ0) is 0. The van der Waals surface area contributed by atoms with Gasteiger partial charge < -0.3 is 27.8 Å². The molecular weight excluding hydrogens is 685 g/mol. The first-order valence-corrected chi connectivity index (χ1v) is 0. The minimum absolute atomic E-state index is 0. The van der Waals surface area contributed by atoms with E-state index < -0.39 is 0 Å². The molecule has 3 nitrogen and oxygen atoms in total. The Bertz CT molecular complexity index is 44.0. The molecule has 0 aromatic rings. The maximum Gasteiger partial charge on any atom is 3.00 e. The van der Waals surface area contributed by atoms with Gasteiger partial charge >= 0.3 is 201 Å². The fourth-order valence-electron chi connectivity index (χ4n) is 0. The van der Waals surface area contributed by atoms with E-state index in [2.05, 4.69) is 0 Å². The molecule has 0 aliphatic heterocycles. The molecule has 0 rings (SSSR count). The second-order valence-electron chi connectivity index (χ2n) is 0. The number of hydrogen-bond acceptors (Lipinski definition) is 0. The van der Waals surface area contributed by atoms with Crippen molar-refractivity contribution >= 4 is 166 Å². The van der Waals surface area contributed by atoms with Crippen LogP contribution in [0.3, 0.4) is 0 Å². The van der Waals surface area contributed by atoms with Crippen LogP contribution in [0.25, 0.3) is 0 Å². The van der Waals surface area contributed by atoms with E-state index >= 15 is 0 Å². The van der Waals surface area contributed by atoms with Crippen LogP contribution in [0.2, 0.25) is 0 Å². The van der Waals surface area contributed by atoms with Crippen molar-refractivity contribution in [3.05, 3.63) is 0 Å². The molecule has 11 heteroatoms. The third kappa shape index (κ3) is 68.5. The van der Waals surface area contributed by atoms with Crippen molar-refractivity contribution < 1.29 is 134 Å². The summed E-state index contributed by atoms with van der Waals surface area (Å²) in [4.78, 5) is 0. The van der Waals surface area contributed by atoms with Crippen LogP contribution in [0.5, 0.6) is 0 Å². The summed E-state index contributed by atoms with van der Waals surface area (Å²) in [7, 11) is 0. The van der Waals surface area contributed by atoms with E-state index in [9.17, 15) is 0 Å². The molecule has 0 spiro atoms. The van der Waals surface area contributed by atoms with Gasteiger partial charge in [0.1, 0.15) is 0 Å². The fourth-order valence-corrected chi connectivity index (χ4v) is 0. The summed E-state index contributed by atoms with van der Waals surface area (Å²) in [5, 5.41) is 0. The van der Waals surface area contributed by atoms with Gasteiger partial charge in [-0.3, -0.25) is 0 Å². The first-order valence-electron chi connectivity index (χ1n) is 0. The standard InChI is InChI=1S/2Ca.2Cr.2La.3O.2Sr.8H/q2*+2;2*+3;;;3*-2;2*+2;8*-1. The molecule has 0 unspecified atom stereocenters. The summed E-state index contributed by atoms with van der Waals surface area (Å²) in [6.07, 6.45) is 0. The third-order valence-corrected chi connectivity index (χ3v) is 0. The van der Waals surface area contributed by atoms with Gasteiger partial charge in [-0.15, -0.1) is 0 Å². The molecule has 0 saturated carbocycles. The van der Waals surface area contributed by atoms with Crippen molar-refractivity contribution in [2.24, 2.45) is 0 Å². The van der Waals surface area contributed by atoms with Crippen molar-refractivity contribution in [3.63, 3.8) is 0 Å². The minimum atomic E-state index is 0. The van der Waals surface area contributed by atoms with Crippen LogP contribution in [0.4, 0.5) is 0 Å². The molecule has 0 aromatic heterocycles. The van der Waals surface area contributed by atoms with E-state index in [4.69, 9.17) is 0 Å². The van der Waals surface area contributed by atoms with Gasteiger partial charge in [-0.25, -0.2) is 0 Å². The molecule has 0 fully saturated rings. The Hall–Kier alpha value is 8.82. The minimum Gasteiger partial charge on any atom is -2.00 e. The topological polar surface area (TPSA) is 85.5 Å². The zero-order valence-corrected chi connectivity index (χ0v) is 27.2. The summed E-state index contributed by atoms with van der Waals surface area (Å²) in [6.45, 7) is 0. The average molecular weight is 693 g/mol.